The average molecular weight is 903 g/mol. The summed E-state index contributed by atoms with van der Waals surface area (Å²) in [4.78, 5) is 26.2. The van der Waals surface area contributed by atoms with E-state index in [4.69, 9.17) is 4.74 Å². The number of hydrogen-bond donors (Lipinski definition) is 3. The quantitative estimate of drug-likeness (QED) is 0.0321. The van der Waals surface area contributed by atoms with E-state index in [1.54, 1.807) is 0 Å². The fourth-order valence-corrected chi connectivity index (χ4v) is 8.89. The lowest BCUT2D eigenvalue weighted by Crippen LogP contribution is -2.46. The van der Waals surface area contributed by atoms with Gasteiger partial charge in [-0.25, -0.2) is 0 Å². The van der Waals surface area contributed by atoms with Crippen LogP contribution in [0.15, 0.2) is 24.3 Å². The Morgan fingerprint density at radius 2 is 0.750 bits per heavy atom. The molecular weight excluding hydrogens is 791 g/mol. The molecule has 3 N–H and O–H groups in total. The van der Waals surface area contributed by atoms with E-state index in [-0.39, 0.29) is 24.9 Å². The van der Waals surface area contributed by atoms with Gasteiger partial charge in [0, 0.05) is 6.42 Å². The van der Waals surface area contributed by atoms with Gasteiger partial charge in [0.15, 0.2) is 0 Å². The molecule has 0 aliphatic rings. The molecular formula is C58H111NO5. The SMILES string of the molecule is CCCCCCCC/C=C/CCCCCCCCCC(CC(=O)NC(CO)C(O)CCCCCCCCCCCCCCCC)OC(=O)CCCCC/C=C\CCCCCCCCC. The van der Waals surface area contributed by atoms with E-state index in [1.165, 1.54) is 205 Å². The molecule has 0 saturated heterocycles. The zero-order chi connectivity index (χ0) is 46.7. The number of aliphatic hydroxyl groups excluding tert-OH is 2. The minimum Gasteiger partial charge on any atom is -0.462 e. The summed E-state index contributed by atoms with van der Waals surface area (Å²) in [6.07, 6.45) is 61.0. The highest BCUT2D eigenvalue weighted by Gasteiger charge is 2.24. The van der Waals surface area contributed by atoms with Gasteiger partial charge in [0.05, 0.1) is 25.2 Å². The molecule has 378 valence electrons. The first kappa shape index (κ1) is 62.3. The molecule has 0 heterocycles. The lowest BCUT2D eigenvalue weighted by Gasteiger charge is -2.24. The minimum absolute atomic E-state index is 0.0731. The molecule has 0 rings (SSSR count). The Balaban J connectivity index is 4.56. The number of unbranched alkanes of at least 4 members (excludes halogenated alkanes) is 36. The molecule has 0 fully saturated rings. The van der Waals surface area contributed by atoms with Gasteiger partial charge in [0.25, 0.3) is 0 Å². The maximum absolute atomic E-state index is 13.3. The number of esters is 1. The van der Waals surface area contributed by atoms with E-state index in [9.17, 15) is 19.8 Å². The number of amides is 1. The summed E-state index contributed by atoms with van der Waals surface area (Å²) in [5.41, 5.74) is 0. The molecule has 0 spiro atoms. The zero-order valence-corrected chi connectivity index (χ0v) is 43.2. The first-order chi connectivity index (χ1) is 31.5. The van der Waals surface area contributed by atoms with Crippen LogP contribution in [0.1, 0.15) is 310 Å². The number of carbonyl (C=O) groups is 2. The van der Waals surface area contributed by atoms with Gasteiger partial charge in [-0.1, -0.05) is 244 Å². The third-order valence-electron chi connectivity index (χ3n) is 13.3. The van der Waals surface area contributed by atoms with Crippen LogP contribution in [0.2, 0.25) is 0 Å². The fraction of sp³-hybridized carbons (Fsp3) is 0.897. The first-order valence-corrected chi connectivity index (χ1v) is 28.6. The molecule has 0 aromatic carbocycles. The van der Waals surface area contributed by atoms with Crippen molar-refractivity contribution in [2.24, 2.45) is 0 Å². The van der Waals surface area contributed by atoms with Crippen LogP contribution in [0.25, 0.3) is 0 Å². The van der Waals surface area contributed by atoms with Crippen LogP contribution in [-0.4, -0.2) is 46.9 Å². The van der Waals surface area contributed by atoms with Gasteiger partial charge < -0.3 is 20.3 Å². The number of ether oxygens (including phenoxy) is 1. The van der Waals surface area contributed by atoms with Gasteiger partial charge in [-0.3, -0.25) is 9.59 Å². The maximum atomic E-state index is 13.3. The summed E-state index contributed by atoms with van der Waals surface area (Å²) >= 11 is 0. The molecule has 0 aliphatic heterocycles. The van der Waals surface area contributed by atoms with E-state index < -0.39 is 18.2 Å². The number of hydrogen-bond acceptors (Lipinski definition) is 5. The van der Waals surface area contributed by atoms with E-state index in [2.05, 4.69) is 50.4 Å². The Morgan fingerprint density at radius 3 is 1.11 bits per heavy atom. The molecule has 3 atom stereocenters. The number of aliphatic hydroxyl groups is 2. The molecule has 64 heavy (non-hydrogen) atoms. The van der Waals surface area contributed by atoms with Gasteiger partial charge >= 0.3 is 5.97 Å². The van der Waals surface area contributed by atoms with Crippen molar-refractivity contribution in [3.63, 3.8) is 0 Å². The molecule has 6 heteroatoms. The normalized spacial score (nSPS) is 13.3. The van der Waals surface area contributed by atoms with Gasteiger partial charge in [-0.2, -0.15) is 0 Å². The van der Waals surface area contributed by atoms with Gasteiger partial charge in [0.1, 0.15) is 6.10 Å². The van der Waals surface area contributed by atoms with E-state index in [0.717, 1.165) is 57.8 Å². The first-order valence-electron chi connectivity index (χ1n) is 28.6. The summed E-state index contributed by atoms with van der Waals surface area (Å²) < 4.78 is 5.95. The van der Waals surface area contributed by atoms with Crippen molar-refractivity contribution in [2.45, 2.75) is 328 Å². The molecule has 1 amide bonds. The van der Waals surface area contributed by atoms with Crippen molar-refractivity contribution in [1.82, 2.24) is 5.32 Å². The summed E-state index contributed by atoms with van der Waals surface area (Å²) in [5, 5.41) is 23.9. The number of carbonyl (C=O) groups excluding carboxylic acids is 2. The monoisotopic (exact) mass is 902 g/mol. The second kappa shape index (κ2) is 52.3. The van der Waals surface area contributed by atoms with Crippen molar-refractivity contribution < 1.29 is 24.5 Å². The van der Waals surface area contributed by atoms with Crippen LogP contribution in [0.5, 0.6) is 0 Å². The molecule has 0 saturated carbocycles. The van der Waals surface area contributed by atoms with Gasteiger partial charge in [-0.15, -0.1) is 0 Å². The molecule has 6 nitrogen and oxygen atoms in total. The highest BCUT2D eigenvalue weighted by atomic mass is 16.5. The van der Waals surface area contributed by atoms with Crippen LogP contribution in [-0.2, 0) is 14.3 Å². The van der Waals surface area contributed by atoms with Crippen LogP contribution < -0.4 is 5.32 Å². The van der Waals surface area contributed by atoms with E-state index in [1.807, 2.05) is 0 Å². The molecule has 0 aromatic heterocycles. The average Bonchev–Trinajstić information content (AvgIpc) is 3.29. The topological polar surface area (TPSA) is 95.9 Å². The second-order valence-corrected chi connectivity index (χ2v) is 19.7. The number of allylic oxidation sites excluding steroid dienone is 4. The molecule has 0 aromatic rings. The molecule has 3 unspecified atom stereocenters. The predicted octanol–water partition coefficient (Wildman–Crippen LogP) is 17.5. The van der Waals surface area contributed by atoms with Crippen molar-refractivity contribution in [2.75, 3.05) is 6.61 Å². The summed E-state index contributed by atoms with van der Waals surface area (Å²) in [5.74, 6) is -0.481. The van der Waals surface area contributed by atoms with Crippen LogP contribution >= 0.6 is 0 Å². The third kappa shape index (κ3) is 46.9. The Bertz CT molecular complexity index is 1010. The van der Waals surface area contributed by atoms with Crippen LogP contribution in [0.3, 0.4) is 0 Å². The van der Waals surface area contributed by atoms with Crippen LogP contribution in [0, 0.1) is 0 Å². The second-order valence-electron chi connectivity index (χ2n) is 19.7. The molecule has 0 bridgehead atoms. The van der Waals surface area contributed by atoms with E-state index in [0.29, 0.717) is 19.3 Å². The highest BCUT2D eigenvalue weighted by molar-refractivity contribution is 5.77. The van der Waals surface area contributed by atoms with Crippen molar-refractivity contribution in [1.29, 1.82) is 0 Å². The molecule has 0 radical (unpaired) electrons. The smallest absolute Gasteiger partial charge is 0.306 e. The number of nitrogens with one attached hydrogen (secondary N) is 1. The largest absolute Gasteiger partial charge is 0.462 e. The standard InChI is InChI=1S/C58H111NO5/c1-4-7-10-13-16-19-22-25-28-29-30-31-34-37-40-43-46-49-54(64-58(63)51-48-45-42-39-36-33-27-24-21-18-15-12-9-6-3)52-57(62)59-55(53-60)56(61)50-47-44-41-38-35-32-26-23-20-17-14-11-8-5-2/h25,28,33,36,54-56,60-61H,4-24,26-27,29-32,34-35,37-53H2,1-3H3,(H,59,62)/b28-25+,36-33-. The van der Waals surface area contributed by atoms with Crippen molar-refractivity contribution >= 4 is 11.9 Å². The van der Waals surface area contributed by atoms with Crippen molar-refractivity contribution in [3.05, 3.63) is 24.3 Å². The summed E-state index contributed by atoms with van der Waals surface area (Å²) in [6, 6.07) is -0.703. The number of rotatable bonds is 52. The molecule has 0 aliphatic carbocycles. The summed E-state index contributed by atoms with van der Waals surface area (Å²) in [7, 11) is 0. The third-order valence-corrected chi connectivity index (χ3v) is 13.3. The summed E-state index contributed by atoms with van der Waals surface area (Å²) in [6.45, 7) is 6.50. The predicted molar refractivity (Wildman–Crippen MR) is 278 cm³/mol. The fourth-order valence-electron chi connectivity index (χ4n) is 8.89. The highest BCUT2D eigenvalue weighted by Crippen LogP contribution is 2.18. The lowest BCUT2D eigenvalue weighted by molar-refractivity contribution is -0.151. The van der Waals surface area contributed by atoms with Gasteiger partial charge in [-0.05, 0) is 77.0 Å². The Morgan fingerprint density at radius 1 is 0.438 bits per heavy atom. The Labute approximate surface area is 399 Å². The minimum atomic E-state index is -0.788. The lowest BCUT2D eigenvalue weighted by atomic mass is 10.0. The van der Waals surface area contributed by atoms with E-state index >= 15 is 0 Å². The Kier molecular flexibility index (Phi) is 51.0. The van der Waals surface area contributed by atoms with Gasteiger partial charge in [0.2, 0.25) is 5.91 Å². The van der Waals surface area contributed by atoms with Crippen LogP contribution in [0.4, 0.5) is 0 Å². The van der Waals surface area contributed by atoms with Crippen molar-refractivity contribution in [3.8, 4) is 0 Å². The maximum Gasteiger partial charge on any atom is 0.306 e. The Hall–Kier alpha value is -1.66. The zero-order valence-electron chi connectivity index (χ0n) is 43.2.